The van der Waals surface area contributed by atoms with Crippen LogP contribution in [0.25, 0.3) is 87.3 Å². The van der Waals surface area contributed by atoms with E-state index < -0.39 is 85.0 Å². The SMILES string of the molecule is [2H]c1c([2H])c([2H])c(Cc2c3c([2H])c([2H])c([2H])c([2H])c3c(-c3cc4ccc5oc6ccccc6c5c4c4c3oc3ccccc34)c3c([2H])c([2H])c([2H])c([2H])c23)c([2H])c1[2H]. The molecule has 0 fully saturated rings. The first-order chi connectivity index (χ1) is 27.7. The number of furan rings is 2. The fourth-order valence-corrected chi connectivity index (χ4v) is 6.80. The third-order valence-corrected chi connectivity index (χ3v) is 8.62. The lowest BCUT2D eigenvalue weighted by Crippen LogP contribution is -1.95. The summed E-state index contributed by atoms with van der Waals surface area (Å²) in [5.41, 5.74) is 2.22. The average molecular weight is 588 g/mol. The Morgan fingerprint density at radius 3 is 1.80 bits per heavy atom. The van der Waals surface area contributed by atoms with E-state index in [0.29, 0.717) is 38.7 Å². The second-order valence-corrected chi connectivity index (χ2v) is 11.0. The Kier molecular flexibility index (Phi) is 3.15. The van der Waals surface area contributed by atoms with Crippen LogP contribution in [0.15, 0.2) is 154 Å². The van der Waals surface area contributed by atoms with Crippen LogP contribution >= 0.6 is 0 Å². The van der Waals surface area contributed by atoms with Crippen LogP contribution in [0.4, 0.5) is 0 Å². The molecule has 2 heterocycles. The predicted molar refractivity (Wildman–Crippen MR) is 188 cm³/mol. The molecule has 0 unspecified atom stereocenters. The summed E-state index contributed by atoms with van der Waals surface area (Å²) in [5.74, 6) is 0. The zero-order valence-corrected chi connectivity index (χ0v) is 23.4. The summed E-state index contributed by atoms with van der Waals surface area (Å²) >= 11 is 0. The first-order valence-corrected chi connectivity index (χ1v) is 14.4. The van der Waals surface area contributed by atoms with E-state index in [2.05, 4.69) is 0 Å². The van der Waals surface area contributed by atoms with Gasteiger partial charge in [0, 0.05) is 38.1 Å². The van der Waals surface area contributed by atoms with Crippen molar-refractivity contribution >= 4 is 76.2 Å². The zero-order valence-electron chi connectivity index (χ0n) is 36.4. The van der Waals surface area contributed by atoms with Gasteiger partial charge in [0.1, 0.15) is 22.3 Å². The molecule has 0 amide bonds. The molecule has 2 aromatic heterocycles. The number of hydrogen-bond acceptors (Lipinski definition) is 2. The average Bonchev–Trinajstić information content (AvgIpc) is 3.81. The van der Waals surface area contributed by atoms with Crippen molar-refractivity contribution in [3.8, 4) is 11.1 Å². The van der Waals surface area contributed by atoms with Gasteiger partial charge in [0.25, 0.3) is 0 Å². The fraction of sp³-hybridized carbons (Fsp3) is 0.0233. The van der Waals surface area contributed by atoms with Crippen LogP contribution < -0.4 is 0 Å². The monoisotopic (exact) mass is 587 g/mol. The maximum absolute atomic E-state index is 9.44. The van der Waals surface area contributed by atoms with Crippen molar-refractivity contribution in [2.24, 2.45) is 0 Å². The molecule has 2 nitrogen and oxygen atoms in total. The molecule has 0 aliphatic carbocycles. The van der Waals surface area contributed by atoms with E-state index in [-0.39, 0.29) is 38.2 Å². The van der Waals surface area contributed by atoms with Crippen molar-refractivity contribution in [3.05, 3.63) is 156 Å². The van der Waals surface area contributed by atoms with Crippen molar-refractivity contribution in [2.75, 3.05) is 0 Å². The second kappa shape index (κ2) is 9.32. The van der Waals surface area contributed by atoms with Crippen LogP contribution in [-0.2, 0) is 6.42 Å². The Labute approximate surface area is 277 Å². The van der Waals surface area contributed by atoms with E-state index in [0.717, 1.165) is 21.5 Å². The highest BCUT2D eigenvalue weighted by atomic mass is 16.3. The van der Waals surface area contributed by atoms with Gasteiger partial charge in [0.15, 0.2) is 0 Å². The van der Waals surface area contributed by atoms with Gasteiger partial charge in [-0.25, -0.2) is 0 Å². The summed E-state index contributed by atoms with van der Waals surface area (Å²) in [6.45, 7) is 0. The molecule has 210 valence electrons. The van der Waals surface area contributed by atoms with Crippen LogP contribution in [0.5, 0.6) is 0 Å². The molecule has 0 saturated carbocycles. The van der Waals surface area contributed by atoms with Gasteiger partial charge in [0.05, 0.1) is 17.8 Å². The Balaban J connectivity index is 1.48. The minimum atomic E-state index is -0.625. The molecular formula is C43H26O2. The summed E-state index contributed by atoms with van der Waals surface area (Å²) in [7, 11) is 0. The molecule has 0 spiro atoms. The lowest BCUT2D eigenvalue weighted by atomic mass is 9.85. The number of fused-ring (bicyclic) bond motifs is 11. The maximum Gasteiger partial charge on any atom is 0.143 e. The molecule has 0 N–H and O–H groups in total. The molecule has 0 saturated heterocycles. The maximum atomic E-state index is 9.44. The Bertz CT molecular complexity index is 3420. The quantitative estimate of drug-likeness (QED) is 0.192. The van der Waals surface area contributed by atoms with E-state index in [9.17, 15) is 5.48 Å². The van der Waals surface area contributed by atoms with Gasteiger partial charge < -0.3 is 8.83 Å². The van der Waals surface area contributed by atoms with E-state index in [1.54, 1.807) is 12.1 Å². The molecule has 0 aliphatic rings. The van der Waals surface area contributed by atoms with Crippen molar-refractivity contribution in [2.45, 2.75) is 6.42 Å². The van der Waals surface area contributed by atoms with Gasteiger partial charge in [-0.3, -0.25) is 0 Å². The largest absolute Gasteiger partial charge is 0.456 e. The summed E-state index contributed by atoms with van der Waals surface area (Å²) < 4.78 is 128. The number of rotatable bonds is 3. The number of hydrogen-bond donors (Lipinski definition) is 0. The molecule has 10 rings (SSSR count). The molecule has 0 radical (unpaired) electrons. The molecular weight excluding hydrogens is 548 g/mol. The van der Waals surface area contributed by atoms with Gasteiger partial charge in [-0.05, 0) is 68.7 Å². The topological polar surface area (TPSA) is 26.3 Å². The van der Waals surface area contributed by atoms with Gasteiger partial charge >= 0.3 is 0 Å². The van der Waals surface area contributed by atoms with Gasteiger partial charge in [-0.1, -0.05) is 121 Å². The van der Waals surface area contributed by atoms with Crippen molar-refractivity contribution in [1.82, 2.24) is 0 Å². The molecule has 0 atom stereocenters. The second-order valence-electron chi connectivity index (χ2n) is 11.0. The summed E-state index contributed by atoms with van der Waals surface area (Å²) in [4.78, 5) is 0. The zero-order chi connectivity index (χ0) is 40.8. The summed E-state index contributed by atoms with van der Waals surface area (Å²) in [5, 5.41) is 4.16. The molecule has 0 aliphatic heterocycles. The minimum absolute atomic E-state index is 0.0421. The molecule has 10 aromatic rings. The number of para-hydroxylation sites is 2. The third kappa shape index (κ3) is 3.51. The highest BCUT2D eigenvalue weighted by molar-refractivity contribution is 6.34. The van der Waals surface area contributed by atoms with Crippen LogP contribution in [0, 0.1) is 0 Å². The standard InChI is InChI=1S/C43H26O2/c1-2-12-26(13-3-1)24-34-28-14-4-6-16-30(28)40(31-17-7-5-15-29(31)34)35-25-27-22-23-38-41(32-18-8-10-20-36(32)44-38)39(27)42-33-19-9-11-21-37(33)45-43(35)42/h1-23,25H,24H2/i1D,2D,3D,4D,5D,6D,7D,12D,13D,14D,15D,16D,17D. The summed E-state index contributed by atoms with van der Waals surface area (Å²) in [6.07, 6.45) is -0.517. The molecule has 2 heteroatoms. The van der Waals surface area contributed by atoms with Crippen LogP contribution in [0.1, 0.15) is 28.9 Å². The van der Waals surface area contributed by atoms with E-state index >= 15 is 0 Å². The van der Waals surface area contributed by atoms with E-state index in [1.807, 2.05) is 54.6 Å². The Morgan fingerprint density at radius 1 is 0.489 bits per heavy atom. The van der Waals surface area contributed by atoms with Gasteiger partial charge in [-0.15, -0.1) is 0 Å². The lowest BCUT2D eigenvalue weighted by Gasteiger charge is -2.18. The van der Waals surface area contributed by atoms with E-state index in [4.69, 9.17) is 21.2 Å². The first kappa shape index (κ1) is 15.2. The predicted octanol–water partition coefficient (Wildman–Crippen LogP) is 12.2. The summed E-state index contributed by atoms with van der Waals surface area (Å²) in [6, 6.07) is 13.1. The highest BCUT2D eigenvalue weighted by Gasteiger charge is 2.23. The first-order valence-electron chi connectivity index (χ1n) is 20.9. The Hall–Kier alpha value is -5.86. The Morgan fingerprint density at radius 2 is 1.09 bits per heavy atom. The van der Waals surface area contributed by atoms with Gasteiger partial charge in [0.2, 0.25) is 0 Å². The van der Waals surface area contributed by atoms with Crippen LogP contribution in [0.3, 0.4) is 0 Å². The highest BCUT2D eigenvalue weighted by Crippen LogP contribution is 2.48. The molecule has 0 bridgehead atoms. The van der Waals surface area contributed by atoms with Crippen LogP contribution in [0.2, 0.25) is 0 Å². The van der Waals surface area contributed by atoms with E-state index in [1.165, 1.54) is 0 Å². The molecule has 8 aromatic carbocycles. The smallest absolute Gasteiger partial charge is 0.143 e. The van der Waals surface area contributed by atoms with Crippen molar-refractivity contribution in [1.29, 1.82) is 0 Å². The normalized spacial score (nSPS) is 16.1. The fourth-order valence-electron chi connectivity index (χ4n) is 6.80. The lowest BCUT2D eigenvalue weighted by molar-refractivity contribution is 0.669. The third-order valence-electron chi connectivity index (χ3n) is 8.62. The minimum Gasteiger partial charge on any atom is -0.456 e. The number of benzene rings is 8. The van der Waals surface area contributed by atoms with Gasteiger partial charge in [-0.2, -0.15) is 0 Å². The molecule has 45 heavy (non-hydrogen) atoms. The van der Waals surface area contributed by atoms with Crippen molar-refractivity contribution < 1.29 is 26.7 Å². The van der Waals surface area contributed by atoms with Crippen molar-refractivity contribution in [3.63, 3.8) is 0 Å². The van der Waals surface area contributed by atoms with Crippen LogP contribution in [-0.4, -0.2) is 0 Å².